The number of aromatic nitrogens is 2. The van der Waals surface area contributed by atoms with Crippen molar-refractivity contribution < 1.29 is 4.39 Å². The molecule has 0 aliphatic rings. The minimum Gasteiger partial charge on any atom is -0.206 e. The van der Waals surface area contributed by atoms with Crippen LogP contribution in [0.2, 0.25) is 0 Å². The summed E-state index contributed by atoms with van der Waals surface area (Å²) in [6, 6.07) is 20.4. The van der Waals surface area contributed by atoms with Crippen LogP contribution in [0, 0.1) is 17.3 Å². The highest BCUT2D eigenvalue weighted by Crippen LogP contribution is 2.26. The summed E-state index contributed by atoms with van der Waals surface area (Å²) in [6.45, 7) is 0. The SMILES string of the molecule is N#CCc1c(-c2ccccc2)nn(-c2ccccc2)c1F. The molecule has 0 saturated heterocycles. The molecule has 0 atom stereocenters. The molecule has 21 heavy (non-hydrogen) atoms. The van der Waals surface area contributed by atoms with Crippen LogP contribution in [0.5, 0.6) is 0 Å². The van der Waals surface area contributed by atoms with Crippen LogP contribution in [0.25, 0.3) is 16.9 Å². The maximum absolute atomic E-state index is 14.6. The van der Waals surface area contributed by atoms with E-state index >= 15 is 0 Å². The molecule has 2 aromatic carbocycles. The van der Waals surface area contributed by atoms with Gasteiger partial charge in [0.15, 0.2) is 0 Å². The number of hydrogen-bond donors (Lipinski definition) is 0. The highest BCUT2D eigenvalue weighted by Gasteiger charge is 2.19. The molecule has 3 rings (SSSR count). The average molecular weight is 277 g/mol. The third-order valence-electron chi connectivity index (χ3n) is 3.22. The molecule has 0 saturated carbocycles. The summed E-state index contributed by atoms with van der Waals surface area (Å²) in [5.41, 5.74) is 2.28. The van der Waals surface area contributed by atoms with Crippen molar-refractivity contribution in [2.75, 3.05) is 0 Å². The van der Waals surface area contributed by atoms with Crippen LogP contribution in [0.15, 0.2) is 60.7 Å². The average Bonchev–Trinajstić information content (AvgIpc) is 2.87. The van der Waals surface area contributed by atoms with Crippen LogP contribution in [0.1, 0.15) is 5.56 Å². The van der Waals surface area contributed by atoms with E-state index in [0.717, 1.165) is 5.56 Å². The number of nitrogens with zero attached hydrogens (tertiary/aromatic N) is 3. The lowest BCUT2D eigenvalue weighted by Crippen LogP contribution is -2.00. The molecular formula is C17H12FN3. The summed E-state index contributed by atoms with van der Waals surface area (Å²) >= 11 is 0. The topological polar surface area (TPSA) is 41.6 Å². The fraction of sp³-hybridized carbons (Fsp3) is 0.0588. The maximum Gasteiger partial charge on any atom is 0.221 e. The molecule has 0 aliphatic carbocycles. The fourth-order valence-corrected chi connectivity index (χ4v) is 2.23. The summed E-state index contributed by atoms with van der Waals surface area (Å²) in [5.74, 6) is -0.485. The van der Waals surface area contributed by atoms with Crippen molar-refractivity contribution >= 4 is 0 Å². The van der Waals surface area contributed by atoms with Gasteiger partial charge in [0, 0.05) is 11.1 Å². The number of para-hydroxylation sites is 1. The summed E-state index contributed by atoms with van der Waals surface area (Å²) in [6.07, 6.45) is -0.0110. The Balaban J connectivity index is 2.19. The Labute approximate surface area is 121 Å². The second-order valence-corrected chi connectivity index (χ2v) is 4.57. The molecule has 3 nitrogen and oxygen atoms in total. The van der Waals surface area contributed by atoms with E-state index < -0.39 is 5.95 Å². The first-order chi connectivity index (χ1) is 10.3. The molecule has 3 aromatic rings. The normalized spacial score (nSPS) is 10.3. The highest BCUT2D eigenvalue weighted by molar-refractivity contribution is 5.64. The van der Waals surface area contributed by atoms with Crippen molar-refractivity contribution in [1.29, 1.82) is 5.26 Å². The Morgan fingerprint density at radius 1 is 1.00 bits per heavy atom. The highest BCUT2D eigenvalue weighted by atomic mass is 19.1. The second-order valence-electron chi connectivity index (χ2n) is 4.57. The van der Waals surface area contributed by atoms with Crippen LogP contribution < -0.4 is 0 Å². The molecular weight excluding hydrogens is 265 g/mol. The summed E-state index contributed by atoms with van der Waals surface area (Å²) in [7, 11) is 0. The van der Waals surface area contributed by atoms with Gasteiger partial charge in [0.2, 0.25) is 5.95 Å². The third kappa shape index (κ3) is 2.41. The molecule has 1 aromatic heterocycles. The summed E-state index contributed by atoms with van der Waals surface area (Å²) < 4.78 is 15.8. The quantitative estimate of drug-likeness (QED) is 0.731. The van der Waals surface area contributed by atoms with Gasteiger partial charge in [-0.3, -0.25) is 0 Å². The number of hydrogen-bond acceptors (Lipinski definition) is 2. The monoisotopic (exact) mass is 277 g/mol. The molecule has 0 amide bonds. The zero-order valence-corrected chi connectivity index (χ0v) is 11.2. The Hall–Kier alpha value is -2.93. The minimum absolute atomic E-state index is 0.0110. The molecule has 0 radical (unpaired) electrons. The van der Waals surface area contributed by atoms with Gasteiger partial charge < -0.3 is 0 Å². The summed E-state index contributed by atoms with van der Waals surface area (Å²) in [5, 5.41) is 13.3. The van der Waals surface area contributed by atoms with E-state index in [-0.39, 0.29) is 6.42 Å². The first kappa shape index (κ1) is 13.1. The second kappa shape index (κ2) is 5.59. The van der Waals surface area contributed by atoms with Gasteiger partial charge in [-0.15, -0.1) is 0 Å². The number of nitriles is 1. The number of halogens is 1. The van der Waals surface area contributed by atoms with Crippen LogP contribution in [-0.4, -0.2) is 9.78 Å². The van der Waals surface area contributed by atoms with Crippen LogP contribution >= 0.6 is 0 Å². The van der Waals surface area contributed by atoms with Crippen molar-refractivity contribution in [1.82, 2.24) is 9.78 Å². The van der Waals surface area contributed by atoms with E-state index in [1.54, 1.807) is 12.1 Å². The largest absolute Gasteiger partial charge is 0.221 e. The van der Waals surface area contributed by atoms with E-state index in [1.807, 2.05) is 54.6 Å². The first-order valence-corrected chi connectivity index (χ1v) is 6.56. The fourth-order valence-electron chi connectivity index (χ4n) is 2.23. The van der Waals surface area contributed by atoms with Gasteiger partial charge >= 0.3 is 0 Å². The Bertz CT molecular complexity index is 786. The Morgan fingerprint density at radius 3 is 2.24 bits per heavy atom. The van der Waals surface area contributed by atoms with Gasteiger partial charge in [-0.1, -0.05) is 48.5 Å². The van der Waals surface area contributed by atoms with Crippen molar-refractivity contribution in [3.63, 3.8) is 0 Å². The lowest BCUT2D eigenvalue weighted by Gasteiger charge is -2.00. The molecule has 0 N–H and O–H groups in total. The maximum atomic E-state index is 14.6. The van der Waals surface area contributed by atoms with Crippen molar-refractivity contribution in [2.45, 2.75) is 6.42 Å². The van der Waals surface area contributed by atoms with Gasteiger partial charge in [0.1, 0.15) is 5.69 Å². The van der Waals surface area contributed by atoms with Crippen LogP contribution in [-0.2, 0) is 6.42 Å². The van der Waals surface area contributed by atoms with E-state index in [0.29, 0.717) is 16.9 Å². The van der Waals surface area contributed by atoms with E-state index in [2.05, 4.69) is 5.10 Å². The number of benzene rings is 2. The van der Waals surface area contributed by atoms with Crippen LogP contribution in [0.4, 0.5) is 4.39 Å². The molecule has 0 unspecified atom stereocenters. The predicted octanol–water partition coefficient (Wildman–Crippen LogP) is 3.74. The van der Waals surface area contributed by atoms with Gasteiger partial charge in [-0.2, -0.15) is 14.8 Å². The van der Waals surface area contributed by atoms with Gasteiger partial charge in [-0.05, 0) is 12.1 Å². The Morgan fingerprint density at radius 2 is 1.62 bits per heavy atom. The standard InChI is InChI=1S/C17H12FN3/c18-17-15(11-12-19)16(13-7-3-1-4-8-13)20-21(17)14-9-5-2-6-10-14/h1-10H,11H2. The zero-order valence-electron chi connectivity index (χ0n) is 11.2. The summed E-state index contributed by atoms with van der Waals surface area (Å²) in [4.78, 5) is 0. The minimum atomic E-state index is -0.485. The zero-order chi connectivity index (χ0) is 14.7. The number of rotatable bonds is 3. The van der Waals surface area contributed by atoms with Crippen molar-refractivity contribution in [2.24, 2.45) is 0 Å². The van der Waals surface area contributed by atoms with Gasteiger partial charge in [0.25, 0.3) is 0 Å². The molecule has 1 heterocycles. The van der Waals surface area contributed by atoms with E-state index in [4.69, 9.17) is 5.26 Å². The molecule has 102 valence electrons. The van der Waals surface area contributed by atoms with Crippen molar-refractivity contribution in [3.8, 4) is 23.0 Å². The predicted molar refractivity (Wildman–Crippen MR) is 78.3 cm³/mol. The van der Waals surface area contributed by atoms with E-state index in [1.165, 1.54) is 4.68 Å². The first-order valence-electron chi connectivity index (χ1n) is 6.56. The molecule has 0 aliphatic heterocycles. The molecule has 4 heteroatoms. The van der Waals surface area contributed by atoms with Crippen molar-refractivity contribution in [3.05, 3.63) is 72.2 Å². The van der Waals surface area contributed by atoms with Crippen LogP contribution in [0.3, 0.4) is 0 Å². The molecule has 0 spiro atoms. The van der Waals surface area contributed by atoms with Gasteiger partial charge in [-0.25, -0.2) is 4.68 Å². The molecule has 0 fully saturated rings. The molecule has 0 bridgehead atoms. The van der Waals surface area contributed by atoms with E-state index in [9.17, 15) is 4.39 Å². The Kier molecular flexibility index (Phi) is 3.48. The smallest absolute Gasteiger partial charge is 0.206 e. The lowest BCUT2D eigenvalue weighted by molar-refractivity contribution is 0.529. The third-order valence-corrected chi connectivity index (χ3v) is 3.22. The van der Waals surface area contributed by atoms with Gasteiger partial charge in [0.05, 0.1) is 18.2 Å². The lowest BCUT2D eigenvalue weighted by atomic mass is 10.1.